The highest BCUT2D eigenvalue weighted by molar-refractivity contribution is 6.18. The maximum Gasteiger partial charge on any atom is 0.247 e. The number of carbonyl (C=O) groups excluding carboxylic acids is 1. The van der Waals surface area contributed by atoms with Crippen molar-refractivity contribution >= 4 is 23.2 Å². The summed E-state index contributed by atoms with van der Waals surface area (Å²) in [6.07, 6.45) is 2.34. The number of aryl methyl sites for hydroxylation is 1. The van der Waals surface area contributed by atoms with E-state index in [1.54, 1.807) is 0 Å². The van der Waals surface area contributed by atoms with Crippen molar-refractivity contribution in [3.63, 3.8) is 0 Å². The molecule has 0 spiro atoms. The average molecular weight is 280 g/mol. The van der Waals surface area contributed by atoms with Crippen molar-refractivity contribution in [1.82, 2.24) is 10.2 Å². The molecule has 1 N–H and O–H groups in total. The van der Waals surface area contributed by atoms with Crippen molar-refractivity contribution in [2.24, 2.45) is 0 Å². The van der Waals surface area contributed by atoms with Gasteiger partial charge in [-0.3, -0.25) is 4.79 Å². The number of anilines is 1. The first-order valence-corrected chi connectivity index (χ1v) is 6.47. The number of benzene rings is 1. The van der Waals surface area contributed by atoms with E-state index in [2.05, 4.69) is 15.5 Å². The fourth-order valence-corrected chi connectivity index (χ4v) is 1.76. The largest absolute Gasteiger partial charge is 0.423 e. The number of nitrogens with zero attached hydrogens (tertiary/aromatic N) is 2. The second-order valence-electron chi connectivity index (χ2n) is 4.11. The molecule has 19 heavy (non-hydrogen) atoms. The number of halogens is 1. The summed E-state index contributed by atoms with van der Waals surface area (Å²) in [5, 5.41) is 10.3. The Labute approximate surface area is 116 Å². The van der Waals surface area contributed by atoms with Gasteiger partial charge in [0.25, 0.3) is 0 Å². The molecule has 1 aromatic heterocycles. The fraction of sp³-hybridized carbons (Fsp3) is 0.308. The van der Waals surface area contributed by atoms with Crippen LogP contribution < -0.4 is 5.32 Å². The molecule has 100 valence electrons. The average Bonchev–Trinajstić information content (AvgIpc) is 2.93. The first kappa shape index (κ1) is 13.5. The Bertz CT molecular complexity index is 555. The number of hydrogen-bond donors (Lipinski definition) is 1. The van der Waals surface area contributed by atoms with Gasteiger partial charge in [-0.05, 0) is 31.0 Å². The van der Waals surface area contributed by atoms with E-state index in [4.69, 9.17) is 16.0 Å². The van der Waals surface area contributed by atoms with Crippen LogP contribution in [0.2, 0.25) is 0 Å². The third-order valence-corrected chi connectivity index (χ3v) is 2.92. The predicted octanol–water partition coefficient (Wildman–Crippen LogP) is 3.00. The first-order valence-electron chi connectivity index (χ1n) is 5.93. The highest BCUT2D eigenvalue weighted by atomic mass is 35.5. The molecule has 0 aliphatic carbocycles. The molecule has 0 fully saturated rings. The van der Waals surface area contributed by atoms with E-state index in [-0.39, 0.29) is 5.91 Å². The maximum atomic E-state index is 11.7. The van der Waals surface area contributed by atoms with Gasteiger partial charge in [-0.15, -0.1) is 21.8 Å². The van der Waals surface area contributed by atoms with Crippen molar-refractivity contribution in [3.05, 3.63) is 30.2 Å². The summed E-state index contributed by atoms with van der Waals surface area (Å²) in [6.45, 7) is 1.93. The van der Waals surface area contributed by atoms with Gasteiger partial charge in [0.05, 0.1) is 0 Å². The van der Waals surface area contributed by atoms with Crippen molar-refractivity contribution in [2.75, 3.05) is 11.2 Å². The topological polar surface area (TPSA) is 68.0 Å². The zero-order chi connectivity index (χ0) is 13.7. The number of hydrogen-bond acceptors (Lipinski definition) is 4. The Morgan fingerprint density at radius 2 is 2.32 bits per heavy atom. The second-order valence-corrected chi connectivity index (χ2v) is 4.49. The third kappa shape index (κ3) is 3.54. The molecule has 1 amide bonds. The Morgan fingerprint density at radius 3 is 3.00 bits per heavy atom. The van der Waals surface area contributed by atoms with E-state index in [0.717, 1.165) is 16.8 Å². The lowest BCUT2D eigenvalue weighted by Gasteiger charge is -2.09. The first-order chi connectivity index (χ1) is 9.20. The van der Waals surface area contributed by atoms with E-state index in [0.29, 0.717) is 24.6 Å². The van der Waals surface area contributed by atoms with Gasteiger partial charge in [0.2, 0.25) is 18.2 Å². The van der Waals surface area contributed by atoms with Crippen molar-refractivity contribution in [3.8, 4) is 11.5 Å². The number of amides is 1. The van der Waals surface area contributed by atoms with Crippen molar-refractivity contribution in [1.29, 1.82) is 0 Å². The molecular weight excluding hydrogens is 266 g/mol. The van der Waals surface area contributed by atoms with Crippen LogP contribution in [-0.4, -0.2) is 22.0 Å². The second kappa shape index (κ2) is 6.33. The molecule has 0 aliphatic heterocycles. The number of carbonyl (C=O) groups is 1. The van der Waals surface area contributed by atoms with Gasteiger partial charge < -0.3 is 9.73 Å². The molecular formula is C13H14ClN3O2. The Morgan fingerprint density at radius 1 is 1.47 bits per heavy atom. The van der Waals surface area contributed by atoms with E-state index in [1.807, 2.05) is 25.1 Å². The van der Waals surface area contributed by atoms with Gasteiger partial charge in [0, 0.05) is 23.6 Å². The number of nitrogens with one attached hydrogen (secondary N) is 1. The molecule has 0 unspecified atom stereocenters. The molecule has 2 rings (SSSR count). The summed E-state index contributed by atoms with van der Waals surface area (Å²) in [5.41, 5.74) is 2.49. The standard InChI is InChI=1S/C13H14ClN3O2/c1-9-4-5-10(13-17-15-8-19-13)7-11(9)16-12(18)3-2-6-14/h4-5,7-8H,2-3,6H2,1H3,(H,16,18). The lowest BCUT2D eigenvalue weighted by Crippen LogP contribution is -2.12. The smallest absolute Gasteiger partial charge is 0.247 e. The van der Waals surface area contributed by atoms with Gasteiger partial charge in [-0.1, -0.05) is 6.07 Å². The van der Waals surface area contributed by atoms with Gasteiger partial charge >= 0.3 is 0 Å². The van der Waals surface area contributed by atoms with Crippen LogP contribution in [0.25, 0.3) is 11.5 Å². The molecule has 0 atom stereocenters. The van der Waals surface area contributed by atoms with Crippen LogP contribution in [0.4, 0.5) is 5.69 Å². The normalized spacial score (nSPS) is 10.4. The molecule has 5 nitrogen and oxygen atoms in total. The number of aromatic nitrogens is 2. The third-order valence-electron chi connectivity index (χ3n) is 2.66. The highest BCUT2D eigenvalue weighted by Crippen LogP contribution is 2.24. The van der Waals surface area contributed by atoms with Gasteiger partial charge in [-0.2, -0.15) is 0 Å². The molecule has 0 radical (unpaired) electrons. The monoisotopic (exact) mass is 279 g/mol. The zero-order valence-electron chi connectivity index (χ0n) is 10.5. The lowest BCUT2D eigenvalue weighted by molar-refractivity contribution is -0.116. The van der Waals surface area contributed by atoms with E-state index in [1.165, 1.54) is 6.39 Å². The summed E-state index contributed by atoms with van der Waals surface area (Å²) in [6, 6.07) is 5.59. The molecule has 1 heterocycles. The minimum absolute atomic E-state index is 0.0496. The Kier molecular flexibility index (Phi) is 4.52. The van der Waals surface area contributed by atoms with Crippen LogP contribution in [0.5, 0.6) is 0 Å². The van der Waals surface area contributed by atoms with Crippen LogP contribution in [0.3, 0.4) is 0 Å². The molecule has 0 aliphatic rings. The van der Waals surface area contributed by atoms with E-state index in [9.17, 15) is 4.79 Å². The van der Waals surface area contributed by atoms with Crippen molar-refractivity contribution in [2.45, 2.75) is 19.8 Å². The van der Waals surface area contributed by atoms with Gasteiger partial charge in [0.15, 0.2) is 0 Å². The molecule has 1 aromatic carbocycles. The summed E-state index contributed by atoms with van der Waals surface area (Å²) in [7, 11) is 0. The fourth-order valence-electron chi connectivity index (χ4n) is 1.63. The highest BCUT2D eigenvalue weighted by Gasteiger charge is 2.09. The van der Waals surface area contributed by atoms with Crippen LogP contribution in [0, 0.1) is 6.92 Å². The Hall–Kier alpha value is -1.88. The zero-order valence-corrected chi connectivity index (χ0v) is 11.3. The van der Waals surface area contributed by atoms with Crippen LogP contribution in [0.15, 0.2) is 29.0 Å². The summed E-state index contributed by atoms with van der Waals surface area (Å²) < 4.78 is 5.13. The van der Waals surface area contributed by atoms with Gasteiger partial charge in [-0.25, -0.2) is 0 Å². The SMILES string of the molecule is Cc1ccc(-c2nnco2)cc1NC(=O)CCCCl. The summed E-state index contributed by atoms with van der Waals surface area (Å²) in [4.78, 5) is 11.7. The van der Waals surface area contributed by atoms with Crippen LogP contribution in [-0.2, 0) is 4.79 Å². The lowest BCUT2D eigenvalue weighted by atomic mass is 10.1. The maximum absolute atomic E-state index is 11.7. The van der Waals surface area contributed by atoms with E-state index >= 15 is 0 Å². The van der Waals surface area contributed by atoms with Crippen molar-refractivity contribution < 1.29 is 9.21 Å². The van der Waals surface area contributed by atoms with Crippen LogP contribution >= 0.6 is 11.6 Å². The van der Waals surface area contributed by atoms with Gasteiger partial charge in [0.1, 0.15) is 0 Å². The Balaban J connectivity index is 2.16. The summed E-state index contributed by atoms with van der Waals surface area (Å²) in [5.74, 6) is 0.858. The molecule has 2 aromatic rings. The van der Waals surface area contributed by atoms with E-state index < -0.39 is 0 Å². The van der Waals surface area contributed by atoms with Crippen LogP contribution in [0.1, 0.15) is 18.4 Å². The summed E-state index contributed by atoms with van der Waals surface area (Å²) >= 11 is 5.57. The molecule has 0 bridgehead atoms. The minimum atomic E-state index is -0.0496. The predicted molar refractivity (Wildman–Crippen MR) is 73.1 cm³/mol. The minimum Gasteiger partial charge on any atom is -0.423 e. The number of alkyl halides is 1. The molecule has 6 heteroatoms. The molecule has 0 saturated heterocycles. The molecule has 0 saturated carbocycles. The number of rotatable bonds is 5. The quantitative estimate of drug-likeness (QED) is 0.854.